The van der Waals surface area contributed by atoms with Crippen LogP contribution in [-0.4, -0.2) is 37.1 Å². The van der Waals surface area contributed by atoms with Crippen LogP contribution in [0.15, 0.2) is 24.3 Å². The summed E-state index contributed by atoms with van der Waals surface area (Å²) < 4.78 is 48.0. The summed E-state index contributed by atoms with van der Waals surface area (Å²) in [6.45, 7) is 1.53. The lowest BCUT2D eigenvalue weighted by molar-refractivity contribution is -0.137. The molecule has 22 heavy (non-hydrogen) atoms. The topological polar surface area (TPSA) is 67.8 Å². The van der Waals surface area contributed by atoms with Gasteiger partial charge in [0.15, 0.2) is 0 Å². The van der Waals surface area contributed by atoms with Crippen LogP contribution in [0.1, 0.15) is 18.9 Å². The Balaban J connectivity index is 2.54. The SMILES string of the molecule is CCC(COc1cccc(C(F)(F)F)c1)OC(=O)NCCO. The van der Waals surface area contributed by atoms with Crippen LogP contribution in [0.5, 0.6) is 5.75 Å². The molecule has 1 amide bonds. The summed E-state index contributed by atoms with van der Waals surface area (Å²) in [7, 11) is 0. The van der Waals surface area contributed by atoms with Crippen molar-refractivity contribution in [2.75, 3.05) is 19.8 Å². The first-order valence-corrected chi connectivity index (χ1v) is 6.72. The molecule has 1 aromatic carbocycles. The first-order valence-electron chi connectivity index (χ1n) is 6.72. The minimum absolute atomic E-state index is 0.0487. The number of ether oxygens (including phenoxy) is 2. The number of aliphatic hydroxyl groups excluding tert-OH is 1. The molecule has 0 bridgehead atoms. The molecule has 1 aromatic rings. The van der Waals surface area contributed by atoms with E-state index in [1.54, 1.807) is 6.92 Å². The van der Waals surface area contributed by atoms with Gasteiger partial charge in [0.05, 0.1) is 12.2 Å². The molecule has 1 atom stereocenters. The van der Waals surface area contributed by atoms with E-state index in [0.29, 0.717) is 6.42 Å². The monoisotopic (exact) mass is 321 g/mol. The molecule has 0 aromatic heterocycles. The van der Waals surface area contributed by atoms with E-state index < -0.39 is 23.9 Å². The number of hydrogen-bond donors (Lipinski definition) is 2. The summed E-state index contributed by atoms with van der Waals surface area (Å²) in [5.41, 5.74) is -0.806. The van der Waals surface area contributed by atoms with E-state index in [9.17, 15) is 18.0 Å². The average Bonchev–Trinajstić information content (AvgIpc) is 2.48. The van der Waals surface area contributed by atoms with Crippen LogP contribution in [0.3, 0.4) is 0 Å². The van der Waals surface area contributed by atoms with E-state index in [0.717, 1.165) is 12.1 Å². The number of nitrogens with one attached hydrogen (secondary N) is 1. The largest absolute Gasteiger partial charge is 0.490 e. The Morgan fingerprint density at radius 3 is 2.73 bits per heavy atom. The third-order valence-electron chi connectivity index (χ3n) is 2.71. The Kier molecular flexibility index (Phi) is 6.97. The highest BCUT2D eigenvalue weighted by molar-refractivity contribution is 5.67. The molecule has 0 fully saturated rings. The standard InChI is InChI=1S/C14H18F3NO4/c1-2-11(22-13(20)18-6-7-19)9-21-12-5-3-4-10(8-12)14(15,16)17/h3-5,8,11,19H,2,6-7,9H2,1H3,(H,18,20). The Labute approximate surface area is 126 Å². The smallest absolute Gasteiger partial charge is 0.416 e. The number of alkyl halides is 3. The van der Waals surface area contributed by atoms with Crippen molar-refractivity contribution in [3.05, 3.63) is 29.8 Å². The minimum Gasteiger partial charge on any atom is -0.490 e. The van der Waals surface area contributed by atoms with Crippen molar-refractivity contribution in [2.45, 2.75) is 25.6 Å². The van der Waals surface area contributed by atoms with Crippen LogP contribution in [0.25, 0.3) is 0 Å². The van der Waals surface area contributed by atoms with Crippen LogP contribution in [0, 0.1) is 0 Å². The van der Waals surface area contributed by atoms with Crippen LogP contribution >= 0.6 is 0 Å². The number of rotatable bonds is 7. The van der Waals surface area contributed by atoms with E-state index in [1.165, 1.54) is 12.1 Å². The average molecular weight is 321 g/mol. The summed E-state index contributed by atoms with van der Waals surface area (Å²) in [5.74, 6) is 0.0487. The third kappa shape index (κ3) is 6.21. The van der Waals surface area contributed by atoms with Gasteiger partial charge in [-0.15, -0.1) is 0 Å². The molecule has 2 N–H and O–H groups in total. The second-order valence-electron chi connectivity index (χ2n) is 4.42. The third-order valence-corrected chi connectivity index (χ3v) is 2.71. The van der Waals surface area contributed by atoms with Gasteiger partial charge in [0, 0.05) is 6.54 Å². The zero-order valence-electron chi connectivity index (χ0n) is 12.0. The van der Waals surface area contributed by atoms with Crippen LogP contribution in [0.4, 0.5) is 18.0 Å². The Morgan fingerprint density at radius 1 is 1.41 bits per heavy atom. The Bertz CT molecular complexity index is 479. The number of aliphatic hydroxyl groups is 1. The number of amides is 1. The summed E-state index contributed by atoms with van der Waals surface area (Å²) >= 11 is 0. The van der Waals surface area contributed by atoms with Crippen LogP contribution in [0.2, 0.25) is 0 Å². The zero-order chi connectivity index (χ0) is 16.6. The zero-order valence-corrected chi connectivity index (χ0v) is 12.0. The van der Waals surface area contributed by atoms with Crippen molar-refractivity contribution >= 4 is 6.09 Å². The molecule has 124 valence electrons. The number of hydrogen-bond acceptors (Lipinski definition) is 4. The molecule has 0 radical (unpaired) electrons. The fourth-order valence-corrected chi connectivity index (χ4v) is 1.54. The van der Waals surface area contributed by atoms with Gasteiger partial charge in [-0.3, -0.25) is 0 Å². The second kappa shape index (κ2) is 8.47. The van der Waals surface area contributed by atoms with E-state index in [4.69, 9.17) is 14.6 Å². The van der Waals surface area contributed by atoms with Gasteiger partial charge in [0.2, 0.25) is 0 Å². The van der Waals surface area contributed by atoms with E-state index in [1.807, 2.05) is 0 Å². The van der Waals surface area contributed by atoms with Crippen molar-refractivity contribution < 1.29 is 32.5 Å². The molecule has 0 saturated carbocycles. The molecule has 0 saturated heterocycles. The first-order chi connectivity index (χ1) is 10.4. The van der Waals surface area contributed by atoms with Crippen molar-refractivity contribution in [2.24, 2.45) is 0 Å². The summed E-state index contributed by atoms with van der Waals surface area (Å²) in [6, 6.07) is 4.48. The van der Waals surface area contributed by atoms with E-state index in [-0.39, 0.29) is 25.5 Å². The van der Waals surface area contributed by atoms with Crippen molar-refractivity contribution in [3.63, 3.8) is 0 Å². The molecule has 0 heterocycles. The lowest BCUT2D eigenvalue weighted by Crippen LogP contribution is -2.33. The molecule has 1 unspecified atom stereocenters. The maximum Gasteiger partial charge on any atom is 0.416 e. The molecular weight excluding hydrogens is 303 g/mol. The molecular formula is C14H18F3NO4. The van der Waals surface area contributed by atoms with E-state index >= 15 is 0 Å². The normalized spacial score (nSPS) is 12.6. The van der Waals surface area contributed by atoms with Crippen LogP contribution in [-0.2, 0) is 10.9 Å². The van der Waals surface area contributed by atoms with Gasteiger partial charge in [-0.1, -0.05) is 13.0 Å². The predicted molar refractivity (Wildman–Crippen MR) is 72.6 cm³/mol. The fourth-order valence-electron chi connectivity index (χ4n) is 1.54. The quantitative estimate of drug-likeness (QED) is 0.810. The number of alkyl carbamates (subject to hydrolysis) is 1. The summed E-state index contributed by atoms with van der Waals surface area (Å²) in [6.07, 6.45) is -5.32. The fraction of sp³-hybridized carbons (Fsp3) is 0.500. The van der Waals surface area contributed by atoms with Crippen molar-refractivity contribution in [3.8, 4) is 5.75 Å². The minimum atomic E-state index is -4.44. The van der Waals surface area contributed by atoms with Gasteiger partial charge >= 0.3 is 12.3 Å². The molecule has 0 aliphatic heterocycles. The van der Waals surface area contributed by atoms with Crippen molar-refractivity contribution in [1.82, 2.24) is 5.32 Å². The Hall–Kier alpha value is -1.96. The highest BCUT2D eigenvalue weighted by Gasteiger charge is 2.30. The number of carbonyl (C=O) groups is 1. The summed E-state index contributed by atoms with van der Waals surface area (Å²) in [4.78, 5) is 11.3. The molecule has 0 aliphatic rings. The molecule has 5 nitrogen and oxygen atoms in total. The van der Waals surface area contributed by atoms with Gasteiger partial charge in [0.25, 0.3) is 0 Å². The molecule has 1 rings (SSSR count). The number of carbonyl (C=O) groups excluding carboxylic acids is 1. The highest BCUT2D eigenvalue weighted by Crippen LogP contribution is 2.31. The first kappa shape index (κ1) is 18.1. The van der Waals surface area contributed by atoms with Gasteiger partial charge < -0.3 is 19.9 Å². The number of benzene rings is 1. The Morgan fingerprint density at radius 2 is 2.14 bits per heavy atom. The van der Waals surface area contributed by atoms with E-state index in [2.05, 4.69) is 5.32 Å². The van der Waals surface area contributed by atoms with Gasteiger partial charge in [-0.2, -0.15) is 13.2 Å². The molecule has 0 aliphatic carbocycles. The maximum absolute atomic E-state index is 12.6. The van der Waals surface area contributed by atoms with Gasteiger partial charge in [-0.05, 0) is 24.6 Å². The summed E-state index contributed by atoms with van der Waals surface area (Å²) in [5, 5.41) is 10.9. The molecule has 8 heteroatoms. The number of halogens is 3. The maximum atomic E-state index is 12.6. The van der Waals surface area contributed by atoms with Gasteiger partial charge in [0.1, 0.15) is 18.5 Å². The van der Waals surface area contributed by atoms with Crippen LogP contribution < -0.4 is 10.1 Å². The second-order valence-corrected chi connectivity index (χ2v) is 4.42. The van der Waals surface area contributed by atoms with Gasteiger partial charge in [-0.25, -0.2) is 4.79 Å². The molecule has 0 spiro atoms. The lowest BCUT2D eigenvalue weighted by Gasteiger charge is -2.17. The highest BCUT2D eigenvalue weighted by atomic mass is 19.4. The lowest BCUT2D eigenvalue weighted by atomic mass is 10.2. The predicted octanol–water partition coefficient (Wildman–Crippen LogP) is 2.58. The van der Waals surface area contributed by atoms with Crippen molar-refractivity contribution in [1.29, 1.82) is 0 Å².